The SMILES string of the molecule is O=C(O)CC(S)c1ccccc1.O=C(O)CC(S)c1ccccc1.O=C(O)CC(S)c1ccccc1.OCC(CO)(CO)CO. The van der Waals surface area contributed by atoms with Crippen LogP contribution < -0.4 is 0 Å². The zero-order chi connectivity index (χ0) is 34.3. The monoisotopic (exact) mass is 682 g/mol. The summed E-state index contributed by atoms with van der Waals surface area (Å²) < 4.78 is 0. The molecule has 0 bridgehead atoms. The number of carboxylic acid groups (broad SMARTS) is 3. The van der Waals surface area contributed by atoms with Crippen LogP contribution in [0.25, 0.3) is 0 Å². The van der Waals surface area contributed by atoms with Crippen LogP contribution in [-0.4, -0.2) is 80.1 Å². The summed E-state index contributed by atoms with van der Waals surface area (Å²) in [7, 11) is 0. The number of carbonyl (C=O) groups is 3. The van der Waals surface area contributed by atoms with Gasteiger partial charge in [-0.15, -0.1) is 0 Å². The molecule has 13 heteroatoms. The molecule has 0 saturated heterocycles. The lowest BCUT2D eigenvalue weighted by atomic mass is 9.93. The first kappa shape index (κ1) is 42.0. The predicted octanol–water partition coefficient (Wildman–Crippen LogP) is 4.34. The van der Waals surface area contributed by atoms with Gasteiger partial charge in [0.2, 0.25) is 0 Å². The number of benzene rings is 3. The number of hydrogen-bond donors (Lipinski definition) is 10. The van der Waals surface area contributed by atoms with E-state index in [2.05, 4.69) is 37.9 Å². The van der Waals surface area contributed by atoms with E-state index in [-0.39, 0.29) is 35.0 Å². The van der Waals surface area contributed by atoms with E-state index in [0.717, 1.165) is 16.7 Å². The molecule has 0 aliphatic carbocycles. The number of rotatable bonds is 13. The van der Waals surface area contributed by atoms with Gasteiger partial charge < -0.3 is 35.7 Å². The quantitative estimate of drug-likeness (QED) is 0.116. The number of carboxylic acids is 3. The van der Waals surface area contributed by atoms with E-state index in [1.165, 1.54) is 0 Å². The summed E-state index contributed by atoms with van der Waals surface area (Å²) in [5.74, 6) is -2.46. The van der Waals surface area contributed by atoms with Gasteiger partial charge in [0.05, 0.1) is 51.1 Å². The van der Waals surface area contributed by atoms with Crippen molar-refractivity contribution in [1.29, 1.82) is 0 Å². The van der Waals surface area contributed by atoms with Gasteiger partial charge in [-0.05, 0) is 16.7 Å². The van der Waals surface area contributed by atoms with E-state index in [4.69, 9.17) is 35.7 Å². The first-order chi connectivity index (χ1) is 21.3. The average molecular weight is 683 g/mol. The Morgan fingerprint density at radius 2 is 0.667 bits per heavy atom. The van der Waals surface area contributed by atoms with E-state index >= 15 is 0 Å². The molecule has 0 aliphatic heterocycles. The molecule has 3 atom stereocenters. The average Bonchev–Trinajstić information content (AvgIpc) is 3.04. The number of aliphatic hydroxyl groups excluding tert-OH is 4. The van der Waals surface area contributed by atoms with Crippen molar-refractivity contribution in [2.75, 3.05) is 26.4 Å². The van der Waals surface area contributed by atoms with Crippen LogP contribution in [0.5, 0.6) is 0 Å². The Morgan fingerprint density at radius 3 is 0.800 bits per heavy atom. The van der Waals surface area contributed by atoms with Crippen molar-refractivity contribution < 1.29 is 50.1 Å². The van der Waals surface area contributed by atoms with Crippen LogP contribution in [0.3, 0.4) is 0 Å². The molecule has 3 aromatic carbocycles. The van der Waals surface area contributed by atoms with Crippen LogP contribution in [-0.2, 0) is 14.4 Å². The van der Waals surface area contributed by atoms with Crippen molar-refractivity contribution in [2.24, 2.45) is 5.41 Å². The minimum Gasteiger partial charge on any atom is -0.481 e. The van der Waals surface area contributed by atoms with Gasteiger partial charge in [0.1, 0.15) is 0 Å². The summed E-state index contributed by atoms with van der Waals surface area (Å²) >= 11 is 12.5. The summed E-state index contributed by atoms with van der Waals surface area (Å²) in [6.07, 6.45) is 0.188. The molecule has 0 fully saturated rings. The van der Waals surface area contributed by atoms with Crippen LogP contribution in [0.1, 0.15) is 51.7 Å². The molecule has 3 rings (SSSR count). The molecule has 0 saturated carbocycles. The molecule has 45 heavy (non-hydrogen) atoms. The maximum absolute atomic E-state index is 10.3. The van der Waals surface area contributed by atoms with Gasteiger partial charge in [-0.25, -0.2) is 0 Å². The third kappa shape index (κ3) is 19.2. The molecule has 0 spiro atoms. The molecule has 7 N–H and O–H groups in total. The fraction of sp³-hybridized carbons (Fsp3) is 0.344. The van der Waals surface area contributed by atoms with Gasteiger partial charge in [-0.3, -0.25) is 14.4 Å². The minimum absolute atomic E-state index is 0.0626. The van der Waals surface area contributed by atoms with Crippen LogP contribution in [0.4, 0.5) is 0 Å². The highest BCUT2D eigenvalue weighted by molar-refractivity contribution is 7.80. The maximum atomic E-state index is 10.3. The molecule has 0 aliphatic rings. The van der Waals surface area contributed by atoms with Gasteiger partial charge in [0, 0.05) is 15.7 Å². The lowest BCUT2D eigenvalue weighted by molar-refractivity contribution is -0.138. The smallest absolute Gasteiger partial charge is 0.304 e. The second kappa shape index (κ2) is 24.2. The van der Waals surface area contributed by atoms with E-state index in [9.17, 15) is 14.4 Å². The zero-order valence-electron chi connectivity index (χ0n) is 24.5. The first-order valence-electron chi connectivity index (χ1n) is 13.6. The van der Waals surface area contributed by atoms with E-state index < -0.39 is 49.8 Å². The summed E-state index contributed by atoms with van der Waals surface area (Å²) in [5, 5.41) is 58.9. The number of aliphatic carboxylic acids is 3. The molecule has 3 unspecified atom stereocenters. The largest absolute Gasteiger partial charge is 0.481 e. The molecule has 10 nitrogen and oxygen atoms in total. The molecule has 0 heterocycles. The van der Waals surface area contributed by atoms with Gasteiger partial charge in [0.25, 0.3) is 0 Å². The van der Waals surface area contributed by atoms with Gasteiger partial charge >= 0.3 is 17.9 Å². The van der Waals surface area contributed by atoms with Crippen molar-refractivity contribution in [3.8, 4) is 0 Å². The van der Waals surface area contributed by atoms with E-state index in [1.807, 2.05) is 91.0 Å². The topological polar surface area (TPSA) is 193 Å². The Balaban J connectivity index is 0.000000578. The highest BCUT2D eigenvalue weighted by Gasteiger charge is 2.26. The summed E-state index contributed by atoms with van der Waals surface area (Å²) in [6, 6.07) is 28.2. The van der Waals surface area contributed by atoms with Crippen molar-refractivity contribution in [3.63, 3.8) is 0 Å². The van der Waals surface area contributed by atoms with Gasteiger partial charge in [0.15, 0.2) is 0 Å². The lowest BCUT2D eigenvalue weighted by Crippen LogP contribution is -2.37. The van der Waals surface area contributed by atoms with Crippen molar-refractivity contribution in [1.82, 2.24) is 0 Å². The molecule has 0 radical (unpaired) electrons. The second-order valence-electron chi connectivity index (χ2n) is 9.71. The Hall–Kier alpha value is -3.04. The molecular weight excluding hydrogens is 641 g/mol. The number of thiol groups is 3. The summed E-state index contributed by atoms with van der Waals surface area (Å²) in [5.41, 5.74) is 1.73. The second-order valence-corrected chi connectivity index (χ2v) is 11.6. The Labute approximate surface area is 279 Å². The first-order valence-corrected chi connectivity index (χ1v) is 15.2. The van der Waals surface area contributed by atoms with Crippen molar-refractivity contribution in [2.45, 2.75) is 35.0 Å². The molecule has 3 aromatic rings. The number of aliphatic hydroxyl groups is 4. The van der Waals surface area contributed by atoms with Crippen molar-refractivity contribution >= 4 is 55.8 Å². The Morgan fingerprint density at radius 1 is 0.467 bits per heavy atom. The van der Waals surface area contributed by atoms with Crippen LogP contribution in [0, 0.1) is 5.41 Å². The standard InChI is InChI=1S/3C9H10O2S.C5H12O4/c3*10-9(11)6-8(12)7-4-2-1-3-5-7;6-1-5(2-7,3-8)4-9/h3*1-5,8,12H,6H2,(H,10,11);6-9H,1-4H2. The minimum atomic E-state index is -1.11. The Kier molecular flexibility index (Phi) is 22.6. The molecule has 0 amide bonds. The zero-order valence-corrected chi connectivity index (χ0v) is 27.2. The number of hydrogen-bond acceptors (Lipinski definition) is 10. The fourth-order valence-corrected chi connectivity index (χ4v) is 4.16. The lowest BCUT2D eigenvalue weighted by Gasteiger charge is -2.23. The van der Waals surface area contributed by atoms with Gasteiger partial charge in [-0.2, -0.15) is 37.9 Å². The third-order valence-corrected chi connectivity index (χ3v) is 7.44. The van der Waals surface area contributed by atoms with E-state index in [1.54, 1.807) is 0 Å². The maximum Gasteiger partial charge on any atom is 0.304 e. The van der Waals surface area contributed by atoms with Crippen LogP contribution in [0.15, 0.2) is 91.0 Å². The Bertz CT molecular complexity index is 1060. The van der Waals surface area contributed by atoms with E-state index in [0.29, 0.717) is 0 Å². The molecular formula is C32H42O10S3. The fourth-order valence-electron chi connectivity index (χ4n) is 3.18. The normalized spacial score (nSPS) is 12.3. The van der Waals surface area contributed by atoms with Crippen molar-refractivity contribution in [3.05, 3.63) is 108 Å². The molecule has 248 valence electrons. The third-order valence-electron chi connectivity index (χ3n) is 6.00. The van der Waals surface area contributed by atoms with Gasteiger partial charge in [-0.1, -0.05) is 91.0 Å². The highest BCUT2D eigenvalue weighted by atomic mass is 32.1. The summed E-state index contributed by atoms with van der Waals surface area (Å²) in [6.45, 7) is -1.62. The summed E-state index contributed by atoms with van der Waals surface area (Å²) in [4.78, 5) is 31.0. The highest BCUT2D eigenvalue weighted by Crippen LogP contribution is 2.24. The molecule has 0 aromatic heterocycles. The predicted molar refractivity (Wildman–Crippen MR) is 182 cm³/mol. The van der Waals surface area contributed by atoms with Crippen LogP contribution >= 0.6 is 37.9 Å². The van der Waals surface area contributed by atoms with Crippen LogP contribution in [0.2, 0.25) is 0 Å².